The van der Waals surface area contributed by atoms with Crippen molar-refractivity contribution in [2.24, 2.45) is 11.8 Å². The van der Waals surface area contributed by atoms with Gasteiger partial charge in [0.2, 0.25) is 0 Å². The topological polar surface area (TPSA) is 52.6 Å². The standard InChI is InChI=1S/2C22H22GeO2.3C7H7.Bi/c2*1-18(22(24)25)17-23(19-11-5-2-6-12-19,20-13-7-3-8-14-20)21-15-9-4-10-16-21;3*1-7-5-3-2-4-6-7;/h2*2-16,18H,17H2,1H3,(H,24,25);3*3-6H,1H3;/q;;;;;+2/p-2. The third-order valence-corrected chi connectivity index (χ3v) is 54.9. The fourth-order valence-electron chi connectivity index (χ4n) is 10.9. The van der Waals surface area contributed by atoms with Crippen LogP contribution in [0, 0.1) is 32.6 Å². The minimum atomic E-state index is -6.70. The molecule has 9 aromatic carbocycles. The fraction of sp³-hybridized carbons (Fsp3) is 0.138. The van der Waals surface area contributed by atoms with Crippen LogP contribution in [0.4, 0.5) is 0 Å². The van der Waals surface area contributed by atoms with E-state index in [1.807, 2.05) is 13.8 Å². The molecule has 0 bridgehead atoms. The summed E-state index contributed by atoms with van der Waals surface area (Å²) in [6.45, 7) is 10.2. The van der Waals surface area contributed by atoms with Gasteiger partial charge in [0, 0.05) is 0 Å². The second-order valence-corrected chi connectivity index (χ2v) is 51.0. The number of hydrogen-bond acceptors (Lipinski definition) is 4. The van der Waals surface area contributed by atoms with Crippen LogP contribution >= 0.6 is 0 Å². The van der Waals surface area contributed by atoms with Gasteiger partial charge in [-0.1, -0.05) is 0 Å². The molecule has 0 heterocycles. The maximum absolute atomic E-state index is 16.3. The molecule has 2 unspecified atom stereocenters. The van der Waals surface area contributed by atoms with Crippen LogP contribution in [0.25, 0.3) is 0 Å². The molecule has 0 amide bonds. The number of carbonyl (C=O) groups is 2. The molecule has 0 aromatic heterocycles. The summed E-state index contributed by atoms with van der Waals surface area (Å²) in [4.78, 5) is 32.5. The van der Waals surface area contributed by atoms with Crippen LogP contribution in [0.1, 0.15) is 30.5 Å². The molecule has 0 saturated carbocycles. The Morgan fingerprint density at radius 1 is 0.333 bits per heavy atom. The maximum atomic E-state index is 16.3. The Labute approximate surface area is 434 Å². The second-order valence-electron chi connectivity index (χ2n) is 19.5. The van der Waals surface area contributed by atoms with Gasteiger partial charge in [-0.25, -0.2) is 0 Å². The zero-order valence-corrected chi connectivity index (χ0v) is 49.6. The number of benzene rings is 9. The van der Waals surface area contributed by atoms with Crippen molar-refractivity contribution in [3.63, 3.8) is 0 Å². The van der Waals surface area contributed by atoms with Crippen LogP contribution in [0.3, 0.4) is 0 Å². The van der Waals surface area contributed by atoms with Gasteiger partial charge in [-0.2, -0.15) is 0 Å². The molecular weight excluding hydrogens is 1200 g/mol. The van der Waals surface area contributed by atoms with E-state index in [2.05, 4.69) is 276 Å². The van der Waals surface area contributed by atoms with Gasteiger partial charge < -0.3 is 0 Å². The number of carbonyl (C=O) groups excluding carboxylic acids is 2. The summed E-state index contributed by atoms with van der Waals surface area (Å²) in [5.74, 6) is -2.00. The molecule has 2 atom stereocenters. The van der Waals surface area contributed by atoms with E-state index in [1.54, 1.807) is 0 Å². The van der Waals surface area contributed by atoms with E-state index >= 15 is 9.59 Å². The summed E-state index contributed by atoms with van der Waals surface area (Å²) < 4.78 is 25.3. The monoisotopic (exact) mass is 1260 g/mol. The first kappa shape index (κ1) is 50.8. The number of rotatable bonds is 17. The van der Waals surface area contributed by atoms with Crippen molar-refractivity contribution >= 4 is 94.3 Å². The molecule has 0 spiro atoms. The first-order chi connectivity index (χ1) is 35.0. The van der Waals surface area contributed by atoms with E-state index in [9.17, 15) is 0 Å². The normalized spacial score (nSPS) is 13.2. The van der Waals surface area contributed by atoms with Gasteiger partial charge in [-0.05, 0) is 0 Å². The summed E-state index contributed by atoms with van der Waals surface area (Å²) in [7, 11) is 0. The number of hydrogen-bond donors (Lipinski definition) is 0. The van der Waals surface area contributed by atoms with Crippen LogP contribution in [0.2, 0.25) is 10.5 Å². The molecule has 0 saturated heterocycles. The van der Waals surface area contributed by atoms with Gasteiger partial charge in [-0.15, -0.1) is 0 Å². The van der Waals surface area contributed by atoms with Crippen LogP contribution in [0.15, 0.2) is 255 Å². The van der Waals surface area contributed by atoms with E-state index in [1.165, 1.54) is 26.4 Å². The molecule has 0 aliphatic carbocycles. The van der Waals surface area contributed by atoms with Gasteiger partial charge in [0.15, 0.2) is 0 Å². The predicted octanol–water partition coefficient (Wildman–Crippen LogP) is 8.73. The van der Waals surface area contributed by atoms with Crippen LogP contribution < -0.4 is 36.2 Å². The van der Waals surface area contributed by atoms with Crippen molar-refractivity contribution in [2.45, 2.75) is 45.1 Å². The molecule has 4 nitrogen and oxygen atoms in total. The molecule has 0 aliphatic rings. The van der Waals surface area contributed by atoms with Gasteiger partial charge in [-0.3, -0.25) is 0 Å². The third kappa shape index (κ3) is 9.64. The average Bonchev–Trinajstić information content (AvgIpc) is 3.43. The first-order valence-corrected chi connectivity index (χ1v) is 42.4. The fourth-order valence-corrected chi connectivity index (χ4v) is 50.4. The van der Waals surface area contributed by atoms with E-state index in [4.69, 9.17) is 5.63 Å². The van der Waals surface area contributed by atoms with E-state index in [0.717, 1.165) is 26.5 Å². The Morgan fingerprint density at radius 3 is 0.722 bits per heavy atom. The minimum absolute atomic E-state index is 0.382. The van der Waals surface area contributed by atoms with Crippen molar-refractivity contribution < 1.29 is 15.2 Å². The summed E-state index contributed by atoms with van der Waals surface area (Å²) >= 11 is -14.2. The van der Waals surface area contributed by atoms with Crippen molar-refractivity contribution in [2.75, 3.05) is 0 Å². The Balaban J connectivity index is 1.26. The molecule has 9 rings (SSSR count). The van der Waals surface area contributed by atoms with Crippen molar-refractivity contribution in [1.82, 2.24) is 0 Å². The summed E-state index contributed by atoms with van der Waals surface area (Å²) in [6, 6.07) is 89.2. The first-order valence-electron chi connectivity index (χ1n) is 25.0. The van der Waals surface area contributed by atoms with Crippen LogP contribution in [-0.2, 0) is 15.2 Å². The summed E-state index contributed by atoms with van der Waals surface area (Å²) in [5, 5.41) is 1.12. The van der Waals surface area contributed by atoms with Gasteiger partial charge in [0.05, 0.1) is 0 Å². The Bertz CT molecular complexity index is 2750. The molecule has 0 radical (unpaired) electrons. The summed E-state index contributed by atoms with van der Waals surface area (Å²) in [5.41, 5.74) is 3.12. The SMILES string of the molecule is Cc1cc[c]([Bi]([O]C(=O)C(C)[CH2][Ge]([c]2ccccc2)([c]2ccccc2)[c]2ccccc2)([O]C(=O)C(C)[CH2][Ge]([c]2ccccc2)([c]2ccccc2)[c]2ccccc2)([c]2ccc(C)cc2)[c]2ccc(C)cc2)cc1. The summed E-state index contributed by atoms with van der Waals surface area (Å²) in [6.07, 6.45) is 0. The third-order valence-electron chi connectivity index (χ3n) is 14.7. The molecule has 0 N–H and O–H groups in total. The molecule has 9 aromatic rings. The van der Waals surface area contributed by atoms with E-state index in [-0.39, 0.29) is 11.9 Å². The van der Waals surface area contributed by atoms with Crippen molar-refractivity contribution in [3.05, 3.63) is 271 Å². The molecule has 0 aliphatic heterocycles. The Hall–Kier alpha value is -6.11. The molecule has 0 fully saturated rings. The van der Waals surface area contributed by atoms with Gasteiger partial charge in [0.25, 0.3) is 0 Å². The molecular formula is C65H63BiGe2O4. The average molecular weight is 1260 g/mol. The van der Waals surface area contributed by atoms with E-state index < -0.39 is 58.0 Å². The zero-order chi connectivity index (χ0) is 50.2. The Morgan fingerprint density at radius 2 is 0.528 bits per heavy atom. The predicted molar refractivity (Wildman–Crippen MR) is 306 cm³/mol. The van der Waals surface area contributed by atoms with Gasteiger partial charge >= 0.3 is 438 Å². The molecule has 72 heavy (non-hydrogen) atoms. The Kier molecular flexibility index (Phi) is 15.5. The van der Waals surface area contributed by atoms with Crippen LogP contribution in [-0.4, -0.2) is 58.1 Å². The second kappa shape index (κ2) is 21.9. The van der Waals surface area contributed by atoms with E-state index in [0.29, 0.717) is 10.5 Å². The molecule has 7 heteroatoms. The quantitative estimate of drug-likeness (QED) is 0.0858. The zero-order valence-electron chi connectivity index (χ0n) is 41.9. The van der Waals surface area contributed by atoms with Gasteiger partial charge in [0.1, 0.15) is 0 Å². The number of aryl methyl sites for hydroxylation is 3. The molecule has 360 valence electrons. The van der Waals surface area contributed by atoms with Crippen molar-refractivity contribution in [1.29, 1.82) is 0 Å². The van der Waals surface area contributed by atoms with Crippen LogP contribution in [0.5, 0.6) is 0 Å². The van der Waals surface area contributed by atoms with Crippen molar-refractivity contribution in [3.8, 4) is 0 Å².